The van der Waals surface area contributed by atoms with Crippen LogP contribution in [0.2, 0.25) is 0 Å². The highest BCUT2D eigenvalue weighted by molar-refractivity contribution is 5.89. The Balaban J connectivity index is 1.15. The normalized spacial score (nSPS) is 11.1. The fourth-order valence-electron chi connectivity index (χ4n) is 11.2. The molecule has 52 nitrogen and oxygen atoms in total. The van der Waals surface area contributed by atoms with Gasteiger partial charge >= 0.3 is 28.4 Å². The lowest BCUT2D eigenvalue weighted by molar-refractivity contribution is -0.138. The molecule has 6 heterocycles. The Bertz CT molecular complexity index is 5320. The SMILES string of the molecule is Cc1cn(CC(=O)N(CCNC(=O)CN(CCNC(=O)CN(CCNC(=O)CN(CCNC(=O)[C@@H](N)CCCCN)C(=O)Cn2ccc(N)nc2=O)C(=O)Cn2cc(C)c(=O)[nH]c2=O)C(=O)Cn2ccc(N)nc2=O)CC(=O)NCCN(CC(=O)NCCN(CC(N)=O)C(=O)Cn2ccc(N)nc2=O)C(=O)Cn2cc(C)c(=O)[nH]c2=O)c(N)nc1=O. The Labute approximate surface area is 684 Å². The van der Waals surface area contributed by atoms with Gasteiger partial charge in [0, 0.05) is 132 Å². The number of carbonyl (C=O) groups excluding carboxylic acids is 13. The minimum absolute atomic E-state index is 0.0272. The topological polar surface area (TPSA) is 745 Å². The van der Waals surface area contributed by atoms with Crippen molar-refractivity contribution in [3.63, 3.8) is 0 Å². The number of anilines is 4. The first-order valence-corrected chi connectivity index (χ1v) is 37.2. The fraction of sp³-hybridized carbons (Fsp3) is 0.464. The summed E-state index contributed by atoms with van der Waals surface area (Å²) in [5.74, 6) is -12.1. The zero-order valence-electron chi connectivity index (χ0n) is 66.3. The second-order valence-corrected chi connectivity index (χ2v) is 27.2. The number of rotatable bonds is 47. The van der Waals surface area contributed by atoms with Gasteiger partial charge in [-0.1, -0.05) is 6.42 Å². The summed E-state index contributed by atoms with van der Waals surface area (Å²) >= 11 is 0. The number of nitrogens with zero attached hydrogens (tertiary/aromatic N) is 16. The van der Waals surface area contributed by atoms with E-state index in [1.54, 1.807) is 0 Å². The van der Waals surface area contributed by atoms with Crippen molar-refractivity contribution in [2.24, 2.45) is 17.2 Å². The standard InChI is InChI=1S/C69H97N31O21/c1-41-26-98(64(76)86-60(41)113)38-57(110)91(31-50(103)80-14-23-92(58(111)39-99-27-42(2)61(114)87-68(99)120)32-51(104)77-11-20-89(29-48(75)101)54(107)35-95-17-7-45(72)83-65(95)117)22-13-79-49(102)30-90(55(108)36-96-18-8-46(73)84-66(96)118)21-12-78-52(105)33-93(59(112)40-100-28-43(3)62(115)88-69(100)121)24-15-81-53(106)34-94(25-16-82-63(116)44(71)6-4-5-10-70)56(109)37-97-19-9-47(74)85-67(97)119/h7-9,17-19,26-28,44H,4-6,10-16,20-25,29-40,70-71H2,1-3H3,(H2,75,101)(H,77,104)(H,78,105)(H,79,102)(H,80,103)(H,81,106)(H,82,116)(H2,72,83,117)(H2,73,84,118)(H2,74,85,119)(H2,76,86,113)(H,87,114,120)(H,88,115,121)/t44-/m0/s1. The van der Waals surface area contributed by atoms with E-state index < -0.39 is 265 Å². The molecule has 0 unspecified atom stereocenters. The molecule has 52 heteroatoms. The summed E-state index contributed by atoms with van der Waals surface area (Å²) in [7, 11) is 0. The van der Waals surface area contributed by atoms with Crippen molar-refractivity contribution in [1.82, 2.24) is 119 Å². The van der Waals surface area contributed by atoms with Crippen molar-refractivity contribution in [2.45, 2.75) is 85.3 Å². The van der Waals surface area contributed by atoms with E-state index in [-0.39, 0.29) is 60.3 Å². The molecule has 654 valence electrons. The van der Waals surface area contributed by atoms with Crippen molar-refractivity contribution in [1.29, 1.82) is 0 Å². The van der Waals surface area contributed by atoms with Crippen molar-refractivity contribution < 1.29 is 62.3 Å². The van der Waals surface area contributed by atoms with Gasteiger partial charge in [-0.3, -0.25) is 110 Å². The number of primary amides is 1. The molecule has 6 aromatic heterocycles. The molecule has 0 radical (unpaired) electrons. The van der Waals surface area contributed by atoms with Crippen LogP contribution in [0.4, 0.5) is 23.4 Å². The van der Waals surface area contributed by atoms with Gasteiger partial charge in [0.05, 0.1) is 45.3 Å². The molecule has 0 aromatic carbocycles. The Morgan fingerprint density at radius 1 is 0.388 bits per heavy atom. The molecule has 0 spiro atoms. The van der Waals surface area contributed by atoms with Crippen LogP contribution in [0.1, 0.15) is 36.0 Å². The number of hydrogen-bond acceptors (Lipinski definition) is 31. The van der Waals surface area contributed by atoms with Gasteiger partial charge < -0.3 is 106 Å². The van der Waals surface area contributed by atoms with E-state index in [1.165, 1.54) is 57.6 Å². The first-order valence-electron chi connectivity index (χ1n) is 37.2. The highest BCUT2D eigenvalue weighted by atomic mass is 16.2. The van der Waals surface area contributed by atoms with Gasteiger partial charge in [-0.05, 0) is 58.4 Å². The van der Waals surface area contributed by atoms with Gasteiger partial charge in [0.25, 0.3) is 16.7 Å². The summed E-state index contributed by atoms with van der Waals surface area (Å²) in [5.41, 5.74) is 33.0. The first kappa shape index (κ1) is 95.0. The number of aromatic nitrogens is 12. The van der Waals surface area contributed by atoms with Crippen molar-refractivity contribution >= 4 is 100 Å². The number of nitrogens with one attached hydrogen (secondary N) is 8. The molecule has 13 amide bonds. The van der Waals surface area contributed by atoms with E-state index in [0.717, 1.165) is 75.4 Å². The van der Waals surface area contributed by atoms with E-state index in [2.05, 4.69) is 61.8 Å². The second kappa shape index (κ2) is 46.2. The number of aryl methyl sites for hydroxylation is 3. The summed E-state index contributed by atoms with van der Waals surface area (Å²) < 4.78 is 5.46. The zero-order chi connectivity index (χ0) is 89.3. The monoisotopic (exact) mass is 1700 g/mol. The third-order valence-electron chi connectivity index (χ3n) is 17.7. The number of nitrogen functional groups attached to an aromatic ring is 4. The number of amides is 13. The molecular weight excluding hydrogens is 1600 g/mol. The van der Waals surface area contributed by atoms with Crippen LogP contribution in [-0.4, -0.2) is 294 Å². The van der Waals surface area contributed by atoms with Crippen molar-refractivity contribution in [2.75, 3.05) is 147 Å². The summed E-state index contributed by atoms with van der Waals surface area (Å²) in [5, 5.41) is 15.2. The maximum Gasteiger partial charge on any atom is 0.349 e. The van der Waals surface area contributed by atoms with E-state index in [0.29, 0.717) is 25.8 Å². The smallest absolute Gasteiger partial charge is 0.349 e. The highest BCUT2D eigenvalue weighted by Crippen LogP contribution is 2.06. The molecule has 121 heavy (non-hydrogen) atoms. The third kappa shape index (κ3) is 31.2. The minimum Gasteiger partial charge on any atom is -0.383 e. The van der Waals surface area contributed by atoms with Gasteiger partial charge in [0.1, 0.15) is 56.7 Å². The van der Waals surface area contributed by atoms with Gasteiger partial charge in [0.2, 0.25) is 82.7 Å². The maximum absolute atomic E-state index is 14.2. The average Bonchev–Trinajstić information content (AvgIpc) is 0.845. The van der Waals surface area contributed by atoms with Crippen LogP contribution in [0.5, 0.6) is 0 Å². The predicted octanol–water partition coefficient (Wildman–Crippen LogP) is -14.0. The molecule has 1 atom stereocenters. The summed E-state index contributed by atoms with van der Waals surface area (Å²) in [6.45, 7) is -9.26. The maximum atomic E-state index is 14.2. The lowest BCUT2D eigenvalue weighted by atomic mass is 10.1. The van der Waals surface area contributed by atoms with E-state index in [4.69, 9.17) is 40.1 Å². The number of unbranched alkanes of at least 4 members (excludes halogenated alkanes) is 1. The Hall–Kier alpha value is -14.9. The summed E-state index contributed by atoms with van der Waals surface area (Å²) in [6, 6.07) is 2.79. The van der Waals surface area contributed by atoms with E-state index in [9.17, 15) is 101 Å². The quantitative estimate of drug-likeness (QED) is 0.0158. The molecule has 0 aliphatic heterocycles. The van der Waals surface area contributed by atoms with E-state index in [1.807, 2.05) is 0 Å². The largest absolute Gasteiger partial charge is 0.383 e. The van der Waals surface area contributed by atoms with Crippen LogP contribution in [0, 0.1) is 20.8 Å². The number of aromatic amines is 2. The molecule has 6 rings (SSSR count). The van der Waals surface area contributed by atoms with Gasteiger partial charge in [0.15, 0.2) is 0 Å². The Morgan fingerprint density at radius 2 is 0.669 bits per heavy atom. The second-order valence-electron chi connectivity index (χ2n) is 27.2. The highest BCUT2D eigenvalue weighted by Gasteiger charge is 2.28. The molecule has 22 N–H and O–H groups in total. The number of hydrogen-bond donors (Lipinski definition) is 15. The lowest BCUT2D eigenvalue weighted by Gasteiger charge is -2.26. The molecule has 0 bridgehead atoms. The first-order chi connectivity index (χ1) is 57.3. The summed E-state index contributed by atoms with van der Waals surface area (Å²) in [6.07, 6.45) is 8.40. The molecular formula is C69H97N31O21. The van der Waals surface area contributed by atoms with Crippen molar-refractivity contribution in [3.8, 4) is 0 Å². The number of carbonyl (C=O) groups is 13. The van der Waals surface area contributed by atoms with Crippen LogP contribution >= 0.6 is 0 Å². The van der Waals surface area contributed by atoms with Gasteiger partial charge in [-0.25, -0.2) is 24.0 Å². The average molecular weight is 1700 g/mol. The van der Waals surface area contributed by atoms with Gasteiger partial charge in [-0.15, -0.1) is 0 Å². The number of nitrogens with two attached hydrogens (primary N) is 7. The van der Waals surface area contributed by atoms with E-state index >= 15 is 0 Å². The van der Waals surface area contributed by atoms with Crippen LogP contribution in [0.25, 0.3) is 0 Å². The van der Waals surface area contributed by atoms with Crippen molar-refractivity contribution in [3.05, 3.63) is 156 Å². The molecule has 0 aliphatic carbocycles. The molecule has 6 aromatic rings. The third-order valence-corrected chi connectivity index (χ3v) is 17.7. The minimum atomic E-state index is -1.00. The number of H-pyrrole nitrogens is 2. The van der Waals surface area contributed by atoms with Crippen LogP contribution in [-0.2, 0) is 102 Å². The lowest BCUT2D eigenvalue weighted by Crippen LogP contribution is -2.50. The zero-order valence-corrected chi connectivity index (χ0v) is 66.3. The Morgan fingerprint density at radius 3 is 0.967 bits per heavy atom. The van der Waals surface area contributed by atoms with Crippen LogP contribution < -0.4 is 117 Å². The molecule has 0 saturated carbocycles. The van der Waals surface area contributed by atoms with Gasteiger partial charge in [-0.2, -0.15) is 19.9 Å². The van der Waals surface area contributed by atoms with Crippen LogP contribution in [0.15, 0.2) is 93.7 Å². The summed E-state index contributed by atoms with van der Waals surface area (Å²) in [4.78, 5) is 302. The fourth-order valence-corrected chi connectivity index (χ4v) is 11.2. The molecule has 0 saturated heterocycles. The van der Waals surface area contributed by atoms with Crippen LogP contribution in [0.3, 0.4) is 0 Å². The molecule has 0 aliphatic rings. The predicted molar refractivity (Wildman–Crippen MR) is 426 cm³/mol. The molecule has 0 fully saturated rings. The Kier molecular flexibility index (Phi) is 36.2.